The number of piperazine rings is 1. The first-order chi connectivity index (χ1) is 14.2. The van der Waals surface area contributed by atoms with Gasteiger partial charge in [-0.2, -0.15) is 0 Å². The third-order valence-electron chi connectivity index (χ3n) is 5.14. The fourth-order valence-corrected chi connectivity index (χ4v) is 3.63. The molecule has 4 aromatic rings. The largest absolute Gasteiger partial charge is 1.00 e. The van der Waals surface area contributed by atoms with Crippen molar-refractivity contribution >= 4 is 51.8 Å². The van der Waals surface area contributed by atoms with E-state index >= 15 is 0 Å². The lowest BCUT2D eigenvalue weighted by Crippen LogP contribution is -3.00. The standard InChI is InChI=1S/C20H23N9.ClH.HI/c1-13(2)29-19-16(26-27-29)5-3-14-11-23-20(25-18(14)19)24-17-6-4-15(12-22-17)28-9-7-21-8-10-28;;/h3-6,11-13,21H,7-10H2,1-2H3,(H,22,23,24,25);2*1H/p-1. The van der Waals surface area contributed by atoms with Crippen LogP contribution < -0.4 is 39.5 Å². The third kappa shape index (κ3) is 4.65. The van der Waals surface area contributed by atoms with Crippen LogP contribution in [0.1, 0.15) is 19.9 Å². The Morgan fingerprint density at radius 3 is 2.55 bits per heavy atom. The zero-order valence-electron chi connectivity index (χ0n) is 17.3. The van der Waals surface area contributed by atoms with Gasteiger partial charge in [-0.3, -0.25) is 0 Å². The molecule has 0 bridgehead atoms. The van der Waals surface area contributed by atoms with E-state index in [1.54, 1.807) is 0 Å². The lowest BCUT2D eigenvalue weighted by atomic mass is 10.2. The maximum atomic E-state index is 4.74. The van der Waals surface area contributed by atoms with Crippen molar-refractivity contribution in [3.05, 3.63) is 36.7 Å². The van der Waals surface area contributed by atoms with Crippen molar-refractivity contribution in [3.63, 3.8) is 0 Å². The molecule has 1 aliphatic heterocycles. The zero-order chi connectivity index (χ0) is 19.8. The van der Waals surface area contributed by atoms with Crippen LogP contribution in [0.15, 0.2) is 36.7 Å². The SMILES string of the molecule is CC(C)n1nnc2ccc3cnc(Nc4ccc(N5CCNCC5)cn4)nc3c21.Cl.[I-]. The summed E-state index contributed by atoms with van der Waals surface area (Å²) in [6.07, 6.45) is 3.71. The average Bonchev–Trinajstić information content (AvgIpc) is 3.20. The summed E-state index contributed by atoms with van der Waals surface area (Å²) in [5.74, 6) is 1.22. The Labute approximate surface area is 203 Å². The molecule has 0 saturated carbocycles. The number of anilines is 3. The molecular weight excluding hydrogens is 529 g/mol. The second kappa shape index (κ2) is 9.88. The highest BCUT2D eigenvalue weighted by Crippen LogP contribution is 2.25. The van der Waals surface area contributed by atoms with E-state index in [-0.39, 0.29) is 42.4 Å². The molecule has 9 nitrogen and oxygen atoms in total. The maximum absolute atomic E-state index is 4.74. The lowest BCUT2D eigenvalue weighted by molar-refractivity contribution is -0.00000647. The van der Waals surface area contributed by atoms with Crippen LogP contribution in [0.4, 0.5) is 17.5 Å². The Morgan fingerprint density at radius 1 is 1.03 bits per heavy atom. The van der Waals surface area contributed by atoms with Gasteiger partial charge in [-0.25, -0.2) is 19.6 Å². The molecule has 164 valence electrons. The first kappa shape index (κ1) is 23.4. The maximum Gasteiger partial charge on any atom is 0.228 e. The Hall–Kier alpha value is -2.31. The van der Waals surface area contributed by atoms with E-state index in [4.69, 9.17) is 4.98 Å². The minimum absolute atomic E-state index is 0. The molecule has 0 aliphatic carbocycles. The van der Waals surface area contributed by atoms with E-state index < -0.39 is 0 Å². The Morgan fingerprint density at radius 2 is 1.84 bits per heavy atom. The van der Waals surface area contributed by atoms with Crippen molar-refractivity contribution in [2.45, 2.75) is 19.9 Å². The number of hydrogen-bond acceptors (Lipinski definition) is 8. The van der Waals surface area contributed by atoms with Gasteiger partial charge in [0, 0.05) is 43.8 Å². The van der Waals surface area contributed by atoms with Crippen molar-refractivity contribution in [2.24, 2.45) is 0 Å². The molecule has 1 saturated heterocycles. The summed E-state index contributed by atoms with van der Waals surface area (Å²) in [6, 6.07) is 8.16. The summed E-state index contributed by atoms with van der Waals surface area (Å²) in [4.78, 5) is 16.1. The summed E-state index contributed by atoms with van der Waals surface area (Å²) in [6.45, 7) is 8.16. The molecule has 1 aromatic carbocycles. The molecule has 5 rings (SSSR count). The second-order valence-corrected chi connectivity index (χ2v) is 7.46. The highest BCUT2D eigenvalue weighted by molar-refractivity contribution is 6.01. The predicted molar refractivity (Wildman–Crippen MR) is 121 cm³/mol. The number of halogens is 2. The van der Waals surface area contributed by atoms with Crippen LogP contribution in [-0.2, 0) is 0 Å². The number of rotatable bonds is 4. The van der Waals surface area contributed by atoms with E-state index in [0.717, 1.165) is 53.8 Å². The molecule has 1 fully saturated rings. The summed E-state index contributed by atoms with van der Waals surface area (Å²) in [7, 11) is 0. The van der Waals surface area contributed by atoms with Crippen molar-refractivity contribution < 1.29 is 24.0 Å². The number of hydrogen-bond donors (Lipinski definition) is 2. The minimum Gasteiger partial charge on any atom is -1.00 e. The average molecular weight is 553 g/mol. The highest BCUT2D eigenvalue weighted by Gasteiger charge is 2.14. The van der Waals surface area contributed by atoms with Gasteiger partial charge in [-0.1, -0.05) is 5.21 Å². The number of pyridine rings is 1. The van der Waals surface area contributed by atoms with Gasteiger partial charge in [0.15, 0.2) is 0 Å². The molecular formula is C20H24ClIN9-. The monoisotopic (exact) mass is 552 g/mol. The molecule has 0 amide bonds. The van der Waals surface area contributed by atoms with Crippen LogP contribution in [0.3, 0.4) is 0 Å². The number of fused-ring (bicyclic) bond motifs is 3. The van der Waals surface area contributed by atoms with Gasteiger partial charge in [0.1, 0.15) is 22.4 Å². The molecule has 0 radical (unpaired) electrons. The van der Waals surface area contributed by atoms with Gasteiger partial charge in [-0.05, 0) is 38.1 Å². The fraction of sp³-hybridized carbons (Fsp3) is 0.350. The fourth-order valence-electron chi connectivity index (χ4n) is 3.63. The number of nitrogens with one attached hydrogen (secondary N) is 2. The lowest BCUT2D eigenvalue weighted by Gasteiger charge is -2.29. The molecule has 0 unspecified atom stereocenters. The highest BCUT2D eigenvalue weighted by atomic mass is 127. The number of benzene rings is 1. The van der Waals surface area contributed by atoms with Gasteiger partial charge in [0.25, 0.3) is 0 Å². The molecule has 2 N–H and O–H groups in total. The molecule has 0 spiro atoms. The molecule has 4 heterocycles. The first-order valence-electron chi connectivity index (χ1n) is 9.88. The summed E-state index contributed by atoms with van der Waals surface area (Å²) >= 11 is 0. The molecule has 31 heavy (non-hydrogen) atoms. The van der Waals surface area contributed by atoms with Gasteiger partial charge in [-0.15, -0.1) is 17.5 Å². The van der Waals surface area contributed by atoms with Crippen LogP contribution in [0.2, 0.25) is 0 Å². The van der Waals surface area contributed by atoms with Gasteiger partial charge < -0.3 is 39.5 Å². The topological polar surface area (TPSA) is 96.7 Å². The van der Waals surface area contributed by atoms with Gasteiger partial charge in [0.05, 0.1) is 11.9 Å². The van der Waals surface area contributed by atoms with Crippen molar-refractivity contribution in [1.29, 1.82) is 0 Å². The van der Waals surface area contributed by atoms with E-state index in [0.29, 0.717) is 11.8 Å². The normalized spacial score (nSPS) is 13.8. The Balaban J connectivity index is 0.00000136. The Kier molecular flexibility index (Phi) is 7.44. The second-order valence-electron chi connectivity index (χ2n) is 7.46. The van der Waals surface area contributed by atoms with E-state index in [1.807, 2.05) is 35.3 Å². The summed E-state index contributed by atoms with van der Waals surface area (Å²) in [5, 5.41) is 16.1. The van der Waals surface area contributed by atoms with Crippen LogP contribution >= 0.6 is 12.4 Å². The van der Waals surface area contributed by atoms with Crippen molar-refractivity contribution in [3.8, 4) is 0 Å². The van der Waals surface area contributed by atoms with E-state index in [9.17, 15) is 0 Å². The summed E-state index contributed by atoms with van der Waals surface area (Å²) in [5.41, 5.74) is 3.71. The van der Waals surface area contributed by atoms with E-state index in [2.05, 4.69) is 55.7 Å². The zero-order valence-corrected chi connectivity index (χ0v) is 20.3. The number of aromatic nitrogens is 6. The quantitative estimate of drug-likeness (QED) is 0.340. The van der Waals surface area contributed by atoms with Crippen LogP contribution in [-0.4, -0.2) is 56.1 Å². The van der Waals surface area contributed by atoms with Crippen LogP contribution in [0.5, 0.6) is 0 Å². The van der Waals surface area contributed by atoms with Crippen LogP contribution in [0.25, 0.3) is 21.9 Å². The first-order valence-corrected chi connectivity index (χ1v) is 9.88. The third-order valence-corrected chi connectivity index (χ3v) is 5.14. The molecule has 11 heteroatoms. The minimum atomic E-state index is 0. The van der Waals surface area contributed by atoms with Crippen LogP contribution in [0, 0.1) is 0 Å². The predicted octanol–water partition coefficient (Wildman–Crippen LogP) is -0.0706. The van der Waals surface area contributed by atoms with Gasteiger partial charge in [0.2, 0.25) is 5.95 Å². The van der Waals surface area contributed by atoms with Crippen molar-refractivity contribution in [2.75, 3.05) is 36.4 Å². The molecule has 0 atom stereocenters. The molecule has 1 aliphatic rings. The summed E-state index contributed by atoms with van der Waals surface area (Å²) < 4.78 is 1.90. The number of nitrogens with zero attached hydrogens (tertiary/aromatic N) is 7. The molecule has 3 aromatic heterocycles. The Bertz CT molecular complexity index is 1160. The van der Waals surface area contributed by atoms with E-state index in [1.165, 1.54) is 0 Å². The smallest absolute Gasteiger partial charge is 0.228 e. The van der Waals surface area contributed by atoms with Crippen molar-refractivity contribution in [1.82, 2.24) is 35.3 Å². The van der Waals surface area contributed by atoms with Gasteiger partial charge >= 0.3 is 0 Å².